The lowest BCUT2D eigenvalue weighted by molar-refractivity contribution is -0.125. The van der Waals surface area contributed by atoms with Gasteiger partial charge in [-0.05, 0) is 33.6 Å². The molecule has 1 aliphatic heterocycles. The summed E-state index contributed by atoms with van der Waals surface area (Å²) in [6.07, 6.45) is 1.82. The van der Waals surface area contributed by atoms with Crippen molar-refractivity contribution in [1.82, 2.24) is 19.9 Å². The molecule has 3 rings (SSSR count). The maximum atomic E-state index is 12.2. The summed E-state index contributed by atoms with van der Waals surface area (Å²) in [6, 6.07) is 1.62. The van der Waals surface area contributed by atoms with Gasteiger partial charge in [0.2, 0.25) is 16.0 Å². The third kappa shape index (κ3) is 3.36. The molecule has 1 saturated heterocycles. The molecule has 7 nitrogen and oxygen atoms in total. The minimum Gasteiger partial charge on any atom is -0.354 e. The molecule has 0 saturated carbocycles. The van der Waals surface area contributed by atoms with Gasteiger partial charge < -0.3 is 10.2 Å². The minimum absolute atomic E-state index is 0.0374. The molecule has 0 bridgehead atoms. The van der Waals surface area contributed by atoms with Gasteiger partial charge in [-0.15, -0.1) is 5.10 Å². The van der Waals surface area contributed by atoms with Crippen LogP contribution >= 0.6 is 11.3 Å². The van der Waals surface area contributed by atoms with Crippen molar-refractivity contribution >= 4 is 27.3 Å². The van der Waals surface area contributed by atoms with Crippen molar-refractivity contribution in [1.29, 1.82) is 0 Å². The molecule has 0 aliphatic carbocycles. The molecule has 1 fully saturated rings. The SMILES string of the molecule is Cc1cc(=O)n2nc(N3CCC[C@H](C(=O)NC(C)C)C3)sc2n1. The number of carbonyl (C=O) groups is 1. The van der Waals surface area contributed by atoms with Gasteiger partial charge in [-0.1, -0.05) is 11.3 Å². The van der Waals surface area contributed by atoms with E-state index < -0.39 is 0 Å². The second kappa shape index (κ2) is 6.27. The Kier molecular flexibility index (Phi) is 4.34. The van der Waals surface area contributed by atoms with Gasteiger partial charge in [0.05, 0.1) is 5.92 Å². The van der Waals surface area contributed by atoms with E-state index in [1.807, 2.05) is 13.8 Å². The molecule has 1 atom stereocenters. The predicted molar refractivity (Wildman–Crippen MR) is 90.1 cm³/mol. The summed E-state index contributed by atoms with van der Waals surface area (Å²) in [4.78, 5) is 31.2. The van der Waals surface area contributed by atoms with Crippen LogP contribution in [0, 0.1) is 12.8 Å². The van der Waals surface area contributed by atoms with Gasteiger partial charge in [-0.25, -0.2) is 4.98 Å². The molecule has 124 valence electrons. The number of anilines is 1. The number of piperidine rings is 1. The number of amides is 1. The molecular formula is C15H21N5O2S. The zero-order valence-electron chi connectivity index (χ0n) is 13.6. The maximum absolute atomic E-state index is 12.2. The highest BCUT2D eigenvalue weighted by molar-refractivity contribution is 7.20. The summed E-state index contributed by atoms with van der Waals surface area (Å²) in [5.41, 5.74) is 0.527. The van der Waals surface area contributed by atoms with Crippen LogP contribution in [0.3, 0.4) is 0 Å². The largest absolute Gasteiger partial charge is 0.354 e. The maximum Gasteiger partial charge on any atom is 0.275 e. The summed E-state index contributed by atoms with van der Waals surface area (Å²) in [5, 5.41) is 8.12. The van der Waals surface area contributed by atoms with Gasteiger partial charge in [0.15, 0.2) is 0 Å². The van der Waals surface area contributed by atoms with Crippen molar-refractivity contribution < 1.29 is 4.79 Å². The molecule has 8 heteroatoms. The van der Waals surface area contributed by atoms with Crippen LogP contribution in [0.25, 0.3) is 4.96 Å². The second-order valence-electron chi connectivity index (χ2n) is 6.26. The number of hydrogen-bond acceptors (Lipinski definition) is 6. The summed E-state index contributed by atoms with van der Waals surface area (Å²) in [7, 11) is 0. The lowest BCUT2D eigenvalue weighted by Gasteiger charge is -2.31. The molecular weight excluding hydrogens is 314 g/mol. The highest BCUT2D eigenvalue weighted by Crippen LogP contribution is 2.26. The first-order valence-electron chi connectivity index (χ1n) is 7.87. The Labute approximate surface area is 138 Å². The normalized spacial score (nSPS) is 18.6. The summed E-state index contributed by atoms with van der Waals surface area (Å²) >= 11 is 1.39. The molecule has 0 aromatic carbocycles. The Morgan fingerprint density at radius 2 is 2.26 bits per heavy atom. The van der Waals surface area contributed by atoms with Crippen LogP contribution in [0.4, 0.5) is 5.13 Å². The summed E-state index contributed by atoms with van der Waals surface area (Å²) < 4.78 is 1.34. The standard InChI is InChI=1S/C15H21N5O2S/c1-9(2)16-13(22)11-5-4-6-19(8-11)15-18-20-12(21)7-10(3)17-14(20)23-15/h7,9,11H,4-6,8H2,1-3H3,(H,16,22)/t11-/m0/s1. The van der Waals surface area contributed by atoms with Crippen LogP contribution in [0.15, 0.2) is 10.9 Å². The molecule has 23 heavy (non-hydrogen) atoms. The van der Waals surface area contributed by atoms with E-state index in [1.54, 1.807) is 6.92 Å². The number of fused-ring (bicyclic) bond motifs is 1. The second-order valence-corrected chi connectivity index (χ2v) is 7.20. The van der Waals surface area contributed by atoms with Gasteiger partial charge in [0.25, 0.3) is 5.56 Å². The summed E-state index contributed by atoms with van der Waals surface area (Å²) in [5.74, 6) is 0.0570. The molecule has 3 heterocycles. The quantitative estimate of drug-likeness (QED) is 0.912. The lowest BCUT2D eigenvalue weighted by Crippen LogP contribution is -2.44. The first kappa shape index (κ1) is 15.9. The van der Waals surface area contributed by atoms with Crippen LogP contribution < -0.4 is 15.8 Å². The Balaban J connectivity index is 1.82. The first-order chi connectivity index (χ1) is 10.9. The van der Waals surface area contributed by atoms with Gasteiger partial charge in [0.1, 0.15) is 0 Å². The van der Waals surface area contributed by atoms with Crippen LogP contribution in [0.2, 0.25) is 0 Å². The monoisotopic (exact) mass is 335 g/mol. The number of rotatable bonds is 3. The lowest BCUT2D eigenvalue weighted by atomic mass is 9.97. The zero-order chi connectivity index (χ0) is 16.6. The zero-order valence-corrected chi connectivity index (χ0v) is 14.4. The highest BCUT2D eigenvalue weighted by Gasteiger charge is 2.28. The van der Waals surface area contributed by atoms with Crippen LogP contribution in [-0.4, -0.2) is 39.6 Å². The third-order valence-corrected chi connectivity index (χ3v) is 4.83. The number of nitrogens with zero attached hydrogens (tertiary/aromatic N) is 4. The van der Waals surface area contributed by atoms with Crippen molar-refractivity contribution in [2.24, 2.45) is 5.92 Å². The van der Waals surface area contributed by atoms with E-state index in [4.69, 9.17) is 0 Å². The van der Waals surface area contributed by atoms with Crippen molar-refractivity contribution in [3.8, 4) is 0 Å². The number of hydrogen-bond donors (Lipinski definition) is 1. The fourth-order valence-electron chi connectivity index (χ4n) is 2.81. The van der Waals surface area contributed by atoms with Crippen LogP contribution in [0.5, 0.6) is 0 Å². The Hall–Kier alpha value is -1.96. The van der Waals surface area contributed by atoms with Gasteiger partial charge >= 0.3 is 0 Å². The molecule has 0 radical (unpaired) electrons. The Morgan fingerprint density at radius 1 is 1.48 bits per heavy atom. The predicted octanol–water partition coefficient (Wildman–Crippen LogP) is 1.20. The van der Waals surface area contributed by atoms with Crippen LogP contribution in [0.1, 0.15) is 32.4 Å². The number of aryl methyl sites for hydroxylation is 1. The van der Waals surface area contributed by atoms with Crippen LogP contribution in [-0.2, 0) is 4.79 Å². The van der Waals surface area contributed by atoms with E-state index in [0.29, 0.717) is 17.2 Å². The molecule has 2 aromatic heterocycles. The van der Waals surface area contributed by atoms with Crippen molar-refractivity contribution in [3.63, 3.8) is 0 Å². The number of carbonyl (C=O) groups excluding carboxylic acids is 1. The van der Waals surface area contributed by atoms with E-state index in [0.717, 1.165) is 24.5 Å². The van der Waals surface area contributed by atoms with Crippen molar-refractivity contribution in [3.05, 3.63) is 22.1 Å². The summed E-state index contributed by atoms with van der Waals surface area (Å²) in [6.45, 7) is 7.21. The van der Waals surface area contributed by atoms with Crippen molar-refractivity contribution in [2.45, 2.75) is 39.7 Å². The number of nitrogens with one attached hydrogen (secondary N) is 1. The topological polar surface area (TPSA) is 79.6 Å². The Morgan fingerprint density at radius 3 is 3.00 bits per heavy atom. The molecule has 1 amide bonds. The van der Waals surface area contributed by atoms with Gasteiger partial charge in [-0.3, -0.25) is 9.59 Å². The minimum atomic E-state index is -0.166. The van der Waals surface area contributed by atoms with Crippen molar-refractivity contribution in [2.75, 3.05) is 18.0 Å². The van der Waals surface area contributed by atoms with Gasteiger partial charge in [0, 0.05) is 30.9 Å². The average Bonchev–Trinajstić information content (AvgIpc) is 2.91. The van der Waals surface area contributed by atoms with E-state index in [2.05, 4.69) is 20.3 Å². The third-order valence-electron chi connectivity index (χ3n) is 3.86. The average molecular weight is 335 g/mol. The molecule has 1 N–H and O–H groups in total. The van der Waals surface area contributed by atoms with Gasteiger partial charge in [-0.2, -0.15) is 4.52 Å². The van der Waals surface area contributed by atoms with E-state index in [1.165, 1.54) is 21.9 Å². The smallest absolute Gasteiger partial charge is 0.275 e. The van der Waals surface area contributed by atoms with E-state index in [9.17, 15) is 9.59 Å². The fraction of sp³-hybridized carbons (Fsp3) is 0.600. The molecule has 0 unspecified atom stereocenters. The molecule has 1 aliphatic rings. The van der Waals surface area contributed by atoms with E-state index >= 15 is 0 Å². The molecule has 0 spiro atoms. The highest BCUT2D eigenvalue weighted by atomic mass is 32.1. The number of aromatic nitrogens is 3. The Bertz CT molecular complexity index is 782. The fourth-order valence-corrected chi connectivity index (χ4v) is 3.79. The first-order valence-corrected chi connectivity index (χ1v) is 8.68. The van der Waals surface area contributed by atoms with E-state index in [-0.39, 0.29) is 23.4 Å². The molecule has 2 aromatic rings.